The van der Waals surface area contributed by atoms with Crippen LogP contribution in [-0.2, 0) is 0 Å². The lowest BCUT2D eigenvalue weighted by Gasteiger charge is -2.18. The van der Waals surface area contributed by atoms with Crippen LogP contribution >= 0.6 is 12.2 Å². The minimum atomic E-state index is -0.430. The third-order valence-corrected chi connectivity index (χ3v) is 4.32. The molecule has 3 N–H and O–H groups in total. The molecule has 0 aliphatic heterocycles. The SMILES string of the molecule is CCOc1cc(C(=O)NNC(=S)Nc2ccc(OC)cc2OC)cc(OCC)c1OCC. The lowest BCUT2D eigenvalue weighted by molar-refractivity contribution is 0.0943. The van der Waals surface area contributed by atoms with Crippen molar-refractivity contribution in [1.82, 2.24) is 10.9 Å². The molecule has 0 bridgehead atoms. The second kappa shape index (κ2) is 12.5. The molecule has 0 aliphatic carbocycles. The van der Waals surface area contributed by atoms with E-state index < -0.39 is 5.91 Å². The van der Waals surface area contributed by atoms with E-state index in [1.165, 1.54) is 7.11 Å². The Morgan fingerprint density at radius 3 is 2.00 bits per heavy atom. The van der Waals surface area contributed by atoms with Crippen molar-refractivity contribution in [2.75, 3.05) is 39.4 Å². The fourth-order valence-electron chi connectivity index (χ4n) is 2.76. The zero-order valence-electron chi connectivity index (χ0n) is 18.9. The number of nitrogens with one attached hydrogen (secondary N) is 3. The minimum Gasteiger partial charge on any atom is -0.497 e. The highest BCUT2D eigenvalue weighted by Crippen LogP contribution is 2.39. The Balaban J connectivity index is 2.12. The Bertz CT molecular complexity index is 911. The van der Waals surface area contributed by atoms with Gasteiger partial charge in [0.15, 0.2) is 16.6 Å². The average Bonchev–Trinajstić information content (AvgIpc) is 2.79. The molecule has 32 heavy (non-hydrogen) atoms. The summed E-state index contributed by atoms with van der Waals surface area (Å²) in [4.78, 5) is 12.7. The summed E-state index contributed by atoms with van der Waals surface area (Å²) in [5.74, 6) is 2.06. The maximum atomic E-state index is 12.7. The molecule has 0 saturated carbocycles. The van der Waals surface area contributed by atoms with E-state index in [1.54, 1.807) is 37.4 Å². The average molecular weight is 464 g/mol. The van der Waals surface area contributed by atoms with Gasteiger partial charge in [0.2, 0.25) is 5.75 Å². The highest BCUT2D eigenvalue weighted by Gasteiger charge is 2.18. The largest absolute Gasteiger partial charge is 0.497 e. The van der Waals surface area contributed by atoms with Crippen molar-refractivity contribution < 1.29 is 28.5 Å². The van der Waals surface area contributed by atoms with Crippen LogP contribution in [0.3, 0.4) is 0 Å². The third kappa shape index (κ3) is 6.55. The number of hydrazine groups is 1. The Labute approximate surface area is 193 Å². The number of anilines is 1. The zero-order chi connectivity index (χ0) is 23.5. The molecule has 0 fully saturated rings. The summed E-state index contributed by atoms with van der Waals surface area (Å²) >= 11 is 5.27. The summed E-state index contributed by atoms with van der Waals surface area (Å²) in [6, 6.07) is 8.42. The molecular formula is C22H29N3O6S. The van der Waals surface area contributed by atoms with E-state index in [-0.39, 0.29) is 5.11 Å². The molecule has 10 heteroatoms. The number of carbonyl (C=O) groups is 1. The van der Waals surface area contributed by atoms with Crippen LogP contribution in [0.4, 0.5) is 5.69 Å². The van der Waals surface area contributed by atoms with Gasteiger partial charge >= 0.3 is 0 Å². The van der Waals surface area contributed by atoms with Gasteiger partial charge in [0.1, 0.15) is 11.5 Å². The van der Waals surface area contributed by atoms with Gasteiger partial charge in [-0.15, -0.1) is 0 Å². The van der Waals surface area contributed by atoms with Gasteiger partial charge in [-0.05, 0) is 57.3 Å². The van der Waals surface area contributed by atoms with Crippen LogP contribution < -0.4 is 39.9 Å². The van der Waals surface area contributed by atoms with Crippen molar-refractivity contribution in [3.63, 3.8) is 0 Å². The summed E-state index contributed by atoms with van der Waals surface area (Å²) in [7, 11) is 3.11. The lowest BCUT2D eigenvalue weighted by Crippen LogP contribution is -2.43. The van der Waals surface area contributed by atoms with Crippen LogP contribution in [0.2, 0.25) is 0 Å². The number of ether oxygens (including phenoxy) is 5. The molecule has 0 radical (unpaired) electrons. The number of hydrogen-bond donors (Lipinski definition) is 3. The molecule has 0 saturated heterocycles. The van der Waals surface area contributed by atoms with Gasteiger partial charge in [-0.1, -0.05) is 0 Å². The number of amides is 1. The second-order valence-electron chi connectivity index (χ2n) is 6.20. The van der Waals surface area contributed by atoms with Crippen LogP contribution in [-0.4, -0.2) is 45.1 Å². The van der Waals surface area contributed by atoms with Crippen molar-refractivity contribution in [2.45, 2.75) is 20.8 Å². The fourth-order valence-corrected chi connectivity index (χ4v) is 2.92. The summed E-state index contributed by atoms with van der Waals surface area (Å²) < 4.78 is 27.5. The predicted molar refractivity (Wildman–Crippen MR) is 126 cm³/mol. The highest BCUT2D eigenvalue weighted by molar-refractivity contribution is 7.80. The first kappa shape index (κ1) is 24.9. The first-order valence-electron chi connectivity index (χ1n) is 10.1. The molecule has 9 nitrogen and oxygen atoms in total. The monoisotopic (exact) mass is 463 g/mol. The molecule has 0 aliphatic rings. The van der Waals surface area contributed by atoms with Gasteiger partial charge in [0.05, 0.1) is 39.7 Å². The van der Waals surface area contributed by atoms with E-state index in [4.69, 9.17) is 35.9 Å². The smallest absolute Gasteiger partial charge is 0.269 e. The van der Waals surface area contributed by atoms with Crippen LogP contribution in [0, 0.1) is 0 Å². The molecule has 2 aromatic carbocycles. The second-order valence-corrected chi connectivity index (χ2v) is 6.61. The van der Waals surface area contributed by atoms with Crippen LogP contribution in [0.25, 0.3) is 0 Å². The molecule has 2 aromatic rings. The molecule has 2 rings (SSSR count). The topological polar surface area (TPSA) is 99.3 Å². The van der Waals surface area contributed by atoms with E-state index in [2.05, 4.69) is 16.2 Å². The van der Waals surface area contributed by atoms with Crippen molar-refractivity contribution in [2.24, 2.45) is 0 Å². The van der Waals surface area contributed by atoms with Crippen LogP contribution in [0.15, 0.2) is 30.3 Å². The van der Waals surface area contributed by atoms with Crippen LogP contribution in [0.1, 0.15) is 31.1 Å². The summed E-state index contributed by atoms with van der Waals surface area (Å²) in [6.07, 6.45) is 0. The Kier molecular flexibility index (Phi) is 9.68. The molecule has 1 amide bonds. The van der Waals surface area contributed by atoms with Gasteiger partial charge in [0.25, 0.3) is 5.91 Å². The number of thiocarbonyl (C=S) groups is 1. The number of hydrogen-bond acceptors (Lipinski definition) is 7. The Hall–Kier alpha value is -3.40. The molecule has 0 aromatic heterocycles. The van der Waals surface area contributed by atoms with Crippen LogP contribution in [0.5, 0.6) is 28.7 Å². The van der Waals surface area contributed by atoms with Gasteiger partial charge in [-0.3, -0.25) is 15.6 Å². The molecular weight excluding hydrogens is 434 g/mol. The van der Waals surface area contributed by atoms with Crippen molar-refractivity contribution >= 4 is 28.9 Å². The first-order chi connectivity index (χ1) is 15.5. The normalized spacial score (nSPS) is 10.0. The first-order valence-corrected chi connectivity index (χ1v) is 10.5. The van der Waals surface area contributed by atoms with E-state index in [0.717, 1.165) is 0 Å². The standard InChI is InChI=1S/C22H29N3O6S/c1-6-29-18-11-14(12-19(30-7-2)20(18)31-8-3)21(26)24-25-22(32)23-16-10-9-15(27-4)13-17(16)28-5/h9-13H,6-8H2,1-5H3,(H,24,26)(H2,23,25,32). The quantitative estimate of drug-likeness (QED) is 0.361. The molecule has 0 spiro atoms. The molecule has 174 valence electrons. The van der Waals surface area contributed by atoms with Gasteiger partial charge < -0.3 is 29.0 Å². The van der Waals surface area contributed by atoms with E-state index in [0.29, 0.717) is 59.8 Å². The number of carbonyl (C=O) groups excluding carboxylic acids is 1. The molecule has 0 unspecified atom stereocenters. The number of methoxy groups -OCH3 is 2. The predicted octanol–water partition coefficient (Wildman–Crippen LogP) is 3.53. The van der Waals surface area contributed by atoms with Crippen molar-refractivity contribution in [3.8, 4) is 28.7 Å². The van der Waals surface area contributed by atoms with Gasteiger partial charge in [-0.2, -0.15) is 0 Å². The zero-order valence-corrected chi connectivity index (χ0v) is 19.7. The van der Waals surface area contributed by atoms with Crippen molar-refractivity contribution in [3.05, 3.63) is 35.9 Å². The van der Waals surface area contributed by atoms with Gasteiger partial charge in [-0.25, -0.2) is 0 Å². The maximum absolute atomic E-state index is 12.7. The number of rotatable bonds is 10. The minimum absolute atomic E-state index is 0.169. The molecule has 0 atom stereocenters. The molecule has 0 heterocycles. The maximum Gasteiger partial charge on any atom is 0.269 e. The summed E-state index contributed by atoms with van der Waals surface area (Å²) in [5.41, 5.74) is 6.16. The Morgan fingerprint density at radius 1 is 0.844 bits per heavy atom. The fraction of sp³-hybridized carbons (Fsp3) is 0.364. The highest BCUT2D eigenvalue weighted by atomic mass is 32.1. The third-order valence-electron chi connectivity index (χ3n) is 4.12. The summed E-state index contributed by atoms with van der Waals surface area (Å²) in [5, 5.41) is 3.13. The number of benzene rings is 2. The van der Waals surface area contributed by atoms with E-state index >= 15 is 0 Å². The van der Waals surface area contributed by atoms with Gasteiger partial charge in [0, 0.05) is 11.6 Å². The van der Waals surface area contributed by atoms with E-state index in [1.807, 2.05) is 20.8 Å². The Morgan fingerprint density at radius 2 is 1.47 bits per heavy atom. The summed E-state index contributed by atoms with van der Waals surface area (Å²) in [6.45, 7) is 6.81. The van der Waals surface area contributed by atoms with E-state index in [9.17, 15) is 4.79 Å². The lowest BCUT2D eigenvalue weighted by atomic mass is 10.1. The van der Waals surface area contributed by atoms with Crippen molar-refractivity contribution in [1.29, 1.82) is 0 Å².